The van der Waals surface area contributed by atoms with Gasteiger partial charge in [-0.25, -0.2) is 4.39 Å². The van der Waals surface area contributed by atoms with Crippen LogP contribution in [0, 0.1) is 5.82 Å². The lowest BCUT2D eigenvalue weighted by Gasteiger charge is -2.11. The summed E-state index contributed by atoms with van der Waals surface area (Å²) in [5.74, 6) is -1.34. The summed E-state index contributed by atoms with van der Waals surface area (Å²) in [6.07, 6.45) is 1.30. The Bertz CT molecular complexity index is 909. The van der Waals surface area contributed by atoms with Crippen LogP contribution >= 0.6 is 0 Å². The number of aromatic nitrogens is 4. The summed E-state index contributed by atoms with van der Waals surface area (Å²) < 4.78 is 14.9. The maximum absolute atomic E-state index is 13.6. The first kappa shape index (κ1) is 15.5. The van der Waals surface area contributed by atoms with E-state index in [1.807, 2.05) is 0 Å². The van der Waals surface area contributed by atoms with Gasteiger partial charge in [-0.1, -0.05) is 12.1 Å². The number of ketones is 1. The Morgan fingerprint density at radius 3 is 2.62 bits per heavy atom. The van der Waals surface area contributed by atoms with Gasteiger partial charge in [-0.15, -0.1) is 5.10 Å². The lowest BCUT2D eigenvalue weighted by molar-refractivity contribution is 0.101. The van der Waals surface area contributed by atoms with Crippen LogP contribution in [0.3, 0.4) is 0 Å². The maximum atomic E-state index is 13.6. The van der Waals surface area contributed by atoms with Crippen molar-refractivity contribution in [3.63, 3.8) is 0 Å². The van der Waals surface area contributed by atoms with Crippen molar-refractivity contribution < 1.29 is 14.0 Å². The van der Waals surface area contributed by atoms with E-state index in [1.54, 1.807) is 24.3 Å². The number of amides is 1. The first-order valence-corrected chi connectivity index (χ1v) is 7.00. The molecule has 0 fully saturated rings. The molecule has 8 heteroatoms. The zero-order valence-corrected chi connectivity index (χ0v) is 12.6. The summed E-state index contributed by atoms with van der Waals surface area (Å²) in [5.41, 5.74) is 1.08. The van der Waals surface area contributed by atoms with E-state index in [2.05, 4.69) is 20.8 Å². The van der Waals surface area contributed by atoms with Gasteiger partial charge in [-0.3, -0.25) is 9.59 Å². The highest BCUT2D eigenvalue weighted by Crippen LogP contribution is 2.20. The molecule has 2 aromatic carbocycles. The number of carbonyl (C=O) groups is 2. The first-order valence-electron chi connectivity index (χ1n) is 7.00. The molecule has 0 aliphatic heterocycles. The highest BCUT2D eigenvalue weighted by molar-refractivity contribution is 6.10. The Kier molecular flexibility index (Phi) is 4.11. The average molecular weight is 325 g/mol. The molecule has 1 N–H and O–H groups in total. The van der Waals surface area contributed by atoms with E-state index in [4.69, 9.17) is 0 Å². The molecule has 1 amide bonds. The molecular formula is C16H12FN5O2. The molecule has 0 atom stereocenters. The second-order valence-corrected chi connectivity index (χ2v) is 4.97. The van der Waals surface area contributed by atoms with E-state index in [-0.39, 0.29) is 11.3 Å². The van der Waals surface area contributed by atoms with Crippen LogP contribution in [-0.4, -0.2) is 31.9 Å². The van der Waals surface area contributed by atoms with Gasteiger partial charge in [0, 0.05) is 5.56 Å². The molecule has 120 valence electrons. The number of nitrogens with one attached hydrogen (secondary N) is 1. The molecule has 0 radical (unpaired) electrons. The number of hydrogen-bond acceptors (Lipinski definition) is 5. The van der Waals surface area contributed by atoms with Gasteiger partial charge in [0.15, 0.2) is 5.78 Å². The summed E-state index contributed by atoms with van der Waals surface area (Å²) in [6.45, 7) is 1.40. The molecule has 0 saturated carbocycles. The van der Waals surface area contributed by atoms with Crippen molar-refractivity contribution >= 4 is 17.4 Å². The molecule has 7 nitrogen and oxygen atoms in total. The molecule has 0 bridgehead atoms. The molecule has 3 aromatic rings. The van der Waals surface area contributed by atoms with Gasteiger partial charge in [0.1, 0.15) is 12.1 Å². The normalized spacial score (nSPS) is 10.4. The minimum absolute atomic E-state index is 0.0423. The standard InChI is InChI=1S/C16H12FN5O2/c1-10(23)12-4-2-3-5-14(12)19-16(24)13-8-11(17)6-7-15(13)22-9-18-20-21-22/h2-9H,1H3,(H,19,24). The van der Waals surface area contributed by atoms with Gasteiger partial charge in [-0.2, -0.15) is 4.68 Å². The first-order chi connectivity index (χ1) is 11.6. The Morgan fingerprint density at radius 2 is 1.92 bits per heavy atom. The number of para-hydroxylation sites is 1. The van der Waals surface area contributed by atoms with Crippen LogP contribution in [0.4, 0.5) is 10.1 Å². The van der Waals surface area contributed by atoms with Gasteiger partial charge in [-0.05, 0) is 47.7 Å². The van der Waals surface area contributed by atoms with Crippen molar-refractivity contribution in [1.82, 2.24) is 20.2 Å². The van der Waals surface area contributed by atoms with Crippen molar-refractivity contribution in [2.45, 2.75) is 6.92 Å². The van der Waals surface area contributed by atoms with Gasteiger partial charge in [0.05, 0.1) is 16.9 Å². The summed E-state index contributed by atoms with van der Waals surface area (Å²) in [6, 6.07) is 10.3. The fourth-order valence-electron chi connectivity index (χ4n) is 2.25. The molecule has 3 rings (SSSR count). The number of anilines is 1. The van der Waals surface area contributed by atoms with Crippen molar-refractivity contribution in [3.05, 3.63) is 65.7 Å². The van der Waals surface area contributed by atoms with E-state index >= 15 is 0 Å². The Morgan fingerprint density at radius 1 is 1.12 bits per heavy atom. The molecule has 0 unspecified atom stereocenters. The minimum Gasteiger partial charge on any atom is -0.321 e. The number of carbonyl (C=O) groups excluding carboxylic acids is 2. The Hall–Kier alpha value is -3.42. The predicted molar refractivity (Wildman–Crippen MR) is 83.5 cm³/mol. The van der Waals surface area contributed by atoms with Gasteiger partial charge in [0.2, 0.25) is 0 Å². The van der Waals surface area contributed by atoms with Crippen LogP contribution in [0.2, 0.25) is 0 Å². The fraction of sp³-hybridized carbons (Fsp3) is 0.0625. The molecule has 0 aliphatic carbocycles. The van der Waals surface area contributed by atoms with Crippen molar-refractivity contribution in [2.75, 3.05) is 5.32 Å². The zero-order chi connectivity index (χ0) is 17.1. The van der Waals surface area contributed by atoms with Crippen molar-refractivity contribution in [1.29, 1.82) is 0 Å². The van der Waals surface area contributed by atoms with E-state index in [0.29, 0.717) is 16.9 Å². The molecule has 0 saturated heterocycles. The van der Waals surface area contributed by atoms with Crippen molar-refractivity contribution in [3.8, 4) is 5.69 Å². The average Bonchev–Trinajstić information content (AvgIpc) is 3.09. The summed E-state index contributed by atoms with van der Waals surface area (Å²) in [4.78, 5) is 24.2. The van der Waals surface area contributed by atoms with E-state index in [0.717, 1.165) is 6.07 Å². The summed E-state index contributed by atoms with van der Waals surface area (Å²) in [5, 5.41) is 13.4. The fourth-order valence-corrected chi connectivity index (χ4v) is 2.25. The number of benzene rings is 2. The predicted octanol–water partition coefficient (Wildman–Crippen LogP) is 2.26. The zero-order valence-electron chi connectivity index (χ0n) is 12.6. The van der Waals surface area contributed by atoms with Crippen LogP contribution < -0.4 is 5.32 Å². The van der Waals surface area contributed by atoms with Gasteiger partial charge in [0.25, 0.3) is 5.91 Å². The number of Topliss-reactive ketones (excluding diaryl/α,β-unsaturated/α-hetero) is 1. The van der Waals surface area contributed by atoms with Crippen LogP contribution in [0.1, 0.15) is 27.6 Å². The lowest BCUT2D eigenvalue weighted by Crippen LogP contribution is -2.17. The number of hydrogen-bond donors (Lipinski definition) is 1. The Balaban J connectivity index is 2.00. The summed E-state index contributed by atoms with van der Waals surface area (Å²) in [7, 11) is 0. The van der Waals surface area contributed by atoms with Gasteiger partial charge < -0.3 is 5.32 Å². The van der Waals surface area contributed by atoms with Crippen LogP contribution in [-0.2, 0) is 0 Å². The van der Waals surface area contributed by atoms with Crippen LogP contribution in [0.5, 0.6) is 0 Å². The van der Waals surface area contributed by atoms with E-state index in [9.17, 15) is 14.0 Å². The molecular weight excluding hydrogens is 313 g/mol. The Labute approximate surface area is 136 Å². The van der Waals surface area contributed by atoms with Crippen molar-refractivity contribution in [2.24, 2.45) is 0 Å². The molecule has 1 aromatic heterocycles. The second kappa shape index (κ2) is 6.37. The smallest absolute Gasteiger partial charge is 0.257 e. The largest absolute Gasteiger partial charge is 0.321 e. The van der Waals surface area contributed by atoms with Gasteiger partial charge >= 0.3 is 0 Å². The molecule has 0 aliphatic rings. The highest BCUT2D eigenvalue weighted by atomic mass is 19.1. The number of tetrazole rings is 1. The summed E-state index contributed by atoms with van der Waals surface area (Å²) >= 11 is 0. The third kappa shape index (κ3) is 3.02. The second-order valence-electron chi connectivity index (χ2n) is 4.97. The monoisotopic (exact) mass is 325 g/mol. The quantitative estimate of drug-likeness (QED) is 0.743. The van der Waals surface area contributed by atoms with E-state index < -0.39 is 11.7 Å². The van der Waals surface area contributed by atoms with Crippen LogP contribution in [0.15, 0.2) is 48.8 Å². The minimum atomic E-state index is -0.575. The number of rotatable bonds is 4. The topological polar surface area (TPSA) is 89.8 Å². The third-order valence-corrected chi connectivity index (χ3v) is 3.35. The molecule has 24 heavy (non-hydrogen) atoms. The van der Waals surface area contributed by atoms with Crippen LogP contribution in [0.25, 0.3) is 5.69 Å². The SMILES string of the molecule is CC(=O)c1ccccc1NC(=O)c1cc(F)ccc1-n1cnnn1. The highest BCUT2D eigenvalue weighted by Gasteiger charge is 2.17. The molecule has 1 heterocycles. The number of halogens is 1. The third-order valence-electron chi connectivity index (χ3n) is 3.35. The van der Waals surface area contributed by atoms with E-state index in [1.165, 1.54) is 30.1 Å². The maximum Gasteiger partial charge on any atom is 0.257 e. The number of nitrogens with zero attached hydrogens (tertiary/aromatic N) is 4. The lowest BCUT2D eigenvalue weighted by atomic mass is 10.1. The molecule has 0 spiro atoms.